The van der Waals surface area contributed by atoms with Crippen molar-refractivity contribution in [1.82, 2.24) is 0 Å². The maximum atomic E-state index is 11.6. The van der Waals surface area contributed by atoms with Gasteiger partial charge in [-0.2, -0.15) is 0 Å². The lowest BCUT2D eigenvalue weighted by Crippen LogP contribution is -2.19. The molecule has 0 atom stereocenters. The lowest BCUT2D eigenvalue weighted by atomic mass is 9.88. The van der Waals surface area contributed by atoms with Gasteiger partial charge in [-0.3, -0.25) is 4.79 Å². The van der Waals surface area contributed by atoms with Gasteiger partial charge < -0.3 is 0 Å². The van der Waals surface area contributed by atoms with Crippen LogP contribution in [0.1, 0.15) is 52.9 Å². The van der Waals surface area contributed by atoms with Crippen LogP contribution >= 0.6 is 0 Å². The zero-order chi connectivity index (χ0) is 13.1. The molecule has 0 aromatic heterocycles. The van der Waals surface area contributed by atoms with E-state index in [0.29, 0.717) is 12.2 Å². The summed E-state index contributed by atoms with van der Waals surface area (Å²) >= 11 is 0. The molecule has 0 aromatic rings. The number of carbonyl (C=O) groups excluding carboxylic acids is 1. The van der Waals surface area contributed by atoms with Gasteiger partial charge in [-0.05, 0) is 25.7 Å². The molecule has 0 saturated heterocycles. The summed E-state index contributed by atoms with van der Waals surface area (Å²) in [5.41, 5.74) is -0.183. The van der Waals surface area contributed by atoms with Crippen LogP contribution in [0, 0.1) is 5.41 Å². The van der Waals surface area contributed by atoms with Crippen LogP contribution < -0.4 is 0 Å². The molecule has 1 nitrogen and oxygen atoms in total. The van der Waals surface area contributed by atoms with Crippen molar-refractivity contribution >= 4 is 5.78 Å². The van der Waals surface area contributed by atoms with Crippen molar-refractivity contribution in [2.45, 2.75) is 52.9 Å². The lowest BCUT2D eigenvalue weighted by Gasteiger charge is -2.15. The van der Waals surface area contributed by atoms with Gasteiger partial charge in [-0.1, -0.05) is 51.2 Å². The second-order valence-corrected chi connectivity index (χ2v) is 5.27. The maximum Gasteiger partial charge on any atom is 0.138 e. The standard InChI is InChI=1S/C16H26O/c1-5-6-7-8-9-10-11-12-13-14-15(17)16(2,3)4/h5,7-8,10-11H,1,6,9,12-14H2,2-4H3/b8-7-,11-10-. The molecule has 0 spiro atoms. The average molecular weight is 234 g/mol. The van der Waals surface area contributed by atoms with E-state index in [1.807, 2.05) is 26.8 Å². The summed E-state index contributed by atoms with van der Waals surface area (Å²) in [5, 5.41) is 0. The van der Waals surface area contributed by atoms with E-state index in [-0.39, 0.29) is 5.41 Å². The van der Waals surface area contributed by atoms with Gasteiger partial charge in [0.15, 0.2) is 0 Å². The Hall–Kier alpha value is -1.11. The summed E-state index contributed by atoms with van der Waals surface area (Å²) < 4.78 is 0. The molecule has 0 heterocycles. The van der Waals surface area contributed by atoms with Gasteiger partial charge in [0.1, 0.15) is 5.78 Å². The number of Topliss-reactive ketones (excluding diaryl/α,β-unsaturated/α-hetero) is 1. The molecule has 0 rings (SSSR count). The van der Waals surface area contributed by atoms with Crippen molar-refractivity contribution in [3.63, 3.8) is 0 Å². The summed E-state index contributed by atoms with van der Waals surface area (Å²) in [4.78, 5) is 11.6. The number of rotatable bonds is 8. The van der Waals surface area contributed by atoms with E-state index >= 15 is 0 Å². The third kappa shape index (κ3) is 9.80. The monoisotopic (exact) mass is 234 g/mol. The highest BCUT2D eigenvalue weighted by Gasteiger charge is 2.19. The van der Waals surface area contributed by atoms with Crippen molar-refractivity contribution in [3.05, 3.63) is 37.0 Å². The quantitative estimate of drug-likeness (QED) is 0.433. The maximum absolute atomic E-state index is 11.6. The van der Waals surface area contributed by atoms with Crippen LogP contribution in [0.2, 0.25) is 0 Å². The highest BCUT2D eigenvalue weighted by molar-refractivity contribution is 5.83. The van der Waals surface area contributed by atoms with Crippen LogP contribution in [-0.2, 0) is 4.79 Å². The first-order valence-electron chi connectivity index (χ1n) is 6.42. The summed E-state index contributed by atoms with van der Waals surface area (Å²) in [6.07, 6.45) is 15.0. The largest absolute Gasteiger partial charge is 0.299 e. The van der Waals surface area contributed by atoms with Gasteiger partial charge >= 0.3 is 0 Å². The van der Waals surface area contributed by atoms with Gasteiger partial charge in [0.05, 0.1) is 0 Å². The Balaban J connectivity index is 3.55. The SMILES string of the molecule is C=CC/C=C\C/C=C\CCCC(=O)C(C)(C)C. The molecule has 0 N–H and O–H groups in total. The fraction of sp³-hybridized carbons (Fsp3) is 0.562. The predicted octanol–water partition coefficient (Wildman–Crippen LogP) is 4.85. The molecule has 0 amide bonds. The van der Waals surface area contributed by atoms with E-state index in [1.165, 1.54) is 0 Å². The minimum Gasteiger partial charge on any atom is -0.299 e. The Kier molecular flexibility index (Phi) is 8.39. The van der Waals surface area contributed by atoms with Gasteiger partial charge in [0.25, 0.3) is 0 Å². The Morgan fingerprint density at radius 1 is 1.06 bits per heavy atom. The van der Waals surface area contributed by atoms with Crippen molar-refractivity contribution in [2.24, 2.45) is 5.41 Å². The zero-order valence-electron chi connectivity index (χ0n) is 11.5. The summed E-state index contributed by atoms with van der Waals surface area (Å²) in [5.74, 6) is 0.358. The Bertz CT molecular complexity index is 276. The van der Waals surface area contributed by atoms with Crippen molar-refractivity contribution in [3.8, 4) is 0 Å². The summed E-state index contributed by atoms with van der Waals surface area (Å²) in [6.45, 7) is 9.60. The molecule has 0 radical (unpaired) electrons. The smallest absolute Gasteiger partial charge is 0.138 e. The molecule has 0 bridgehead atoms. The normalized spacial score (nSPS) is 12.4. The molecule has 0 aromatic carbocycles. The first kappa shape index (κ1) is 15.9. The van der Waals surface area contributed by atoms with Gasteiger partial charge in [0.2, 0.25) is 0 Å². The molecule has 0 aliphatic heterocycles. The molecule has 0 fully saturated rings. The highest BCUT2D eigenvalue weighted by atomic mass is 16.1. The van der Waals surface area contributed by atoms with Crippen LogP contribution in [0.25, 0.3) is 0 Å². The van der Waals surface area contributed by atoms with E-state index in [4.69, 9.17) is 0 Å². The number of unbranched alkanes of at least 4 members (excludes halogenated alkanes) is 1. The topological polar surface area (TPSA) is 17.1 Å². The van der Waals surface area contributed by atoms with Gasteiger partial charge in [0, 0.05) is 11.8 Å². The molecule has 0 saturated carbocycles. The number of ketones is 1. The molecule has 0 unspecified atom stereocenters. The van der Waals surface area contributed by atoms with Gasteiger partial charge in [-0.25, -0.2) is 0 Å². The number of carbonyl (C=O) groups is 1. The third-order valence-corrected chi connectivity index (χ3v) is 2.52. The summed E-state index contributed by atoms with van der Waals surface area (Å²) in [7, 11) is 0. The molecule has 0 aliphatic rings. The van der Waals surface area contributed by atoms with E-state index in [9.17, 15) is 4.79 Å². The first-order valence-corrected chi connectivity index (χ1v) is 6.42. The van der Waals surface area contributed by atoms with Crippen LogP contribution in [0.3, 0.4) is 0 Å². The van der Waals surface area contributed by atoms with Crippen LogP contribution in [0.15, 0.2) is 37.0 Å². The van der Waals surface area contributed by atoms with E-state index < -0.39 is 0 Å². The number of hydrogen-bond donors (Lipinski definition) is 0. The van der Waals surface area contributed by atoms with Crippen LogP contribution in [0.5, 0.6) is 0 Å². The van der Waals surface area contributed by atoms with E-state index in [2.05, 4.69) is 30.9 Å². The minimum absolute atomic E-state index is 0.183. The fourth-order valence-corrected chi connectivity index (χ4v) is 1.34. The van der Waals surface area contributed by atoms with Crippen molar-refractivity contribution < 1.29 is 4.79 Å². The minimum atomic E-state index is -0.183. The van der Waals surface area contributed by atoms with E-state index in [1.54, 1.807) is 0 Å². The fourth-order valence-electron chi connectivity index (χ4n) is 1.34. The van der Waals surface area contributed by atoms with Crippen LogP contribution in [-0.4, -0.2) is 5.78 Å². The number of hydrogen-bond acceptors (Lipinski definition) is 1. The molecular formula is C16H26O. The third-order valence-electron chi connectivity index (χ3n) is 2.52. The predicted molar refractivity (Wildman–Crippen MR) is 76.0 cm³/mol. The molecule has 17 heavy (non-hydrogen) atoms. The number of allylic oxidation sites excluding steroid dienone is 5. The average Bonchev–Trinajstić information content (AvgIpc) is 2.25. The zero-order valence-corrected chi connectivity index (χ0v) is 11.5. The lowest BCUT2D eigenvalue weighted by molar-refractivity contribution is -0.126. The van der Waals surface area contributed by atoms with Gasteiger partial charge in [-0.15, -0.1) is 6.58 Å². The molecule has 96 valence electrons. The Morgan fingerprint density at radius 2 is 1.65 bits per heavy atom. The van der Waals surface area contributed by atoms with Crippen LogP contribution in [0.4, 0.5) is 0 Å². The second-order valence-electron chi connectivity index (χ2n) is 5.27. The Labute approximate surface area is 106 Å². The summed E-state index contributed by atoms with van der Waals surface area (Å²) in [6, 6.07) is 0. The first-order chi connectivity index (χ1) is 7.98. The molecule has 1 heteroatoms. The highest BCUT2D eigenvalue weighted by Crippen LogP contribution is 2.18. The molecular weight excluding hydrogens is 208 g/mol. The van der Waals surface area contributed by atoms with E-state index in [0.717, 1.165) is 25.7 Å². The second kappa shape index (κ2) is 8.98. The van der Waals surface area contributed by atoms with Crippen molar-refractivity contribution in [1.29, 1.82) is 0 Å². The van der Waals surface area contributed by atoms with Crippen molar-refractivity contribution in [2.75, 3.05) is 0 Å². The molecule has 0 aliphatic carbocycles. The Morgan fingerprint density at radius 3 is 2.24 bits per heavy atom.